The summed E-state index contributed by atoms with van der Waals surface area (Å²) in [5.74, 6) is 0.321. The predicted molar refractivity (Wildman–Crippen MR) is 130 cm³/mol. The van der Waals surface area contributed by atoms with E-state index in [9.17, 15) is 13.2 Å². The number of rotatable bonds is 6. The molecule has 1 aliphatic rings. The van der Waals surface area contributed by atoms with Crippen LogP contribution in [0.25, 0.3) is 0 Å². The largest absolute Gasteiger partial charge is 0.495 e. The molecular weight excluding hydrogens is 503 g/mol. The molecule has 178 valence electrons. The number of carbonyl (C=O) groups excluding carboxylic acids is 1. The third-order valence-corrected chi connectivity index (χ3v) is 7.50. The molecule has 8 nitrogen and oxygen atoms in total. The van der Waals surface area contributed by atoms with E-state index in [0.29, 0.717) is 32.9 Å². The average molecular weight is 523 g/mol. The average Bonchev–Trinajstić information content (AvgIpc) is 2.84. The Hall–Kier alpha value is -3.14. The summed E-state index contributed by atoms with van der Waals surface area (Å²) < 4.78 is 44.4. The molecule has 1 N–H and O–H groups in total. The molecule has 4 rings (SSSR count). The van der Waals surface area contributed by atoms with Crippen molar-refractivity contribution >= 4 is 50.5 Å². The van der Waals surface area contributed by atoms with Crippen molar-refractivity contribution in [1.29, 1.82) is 0 Å². The molecule has 3 aromatic rings. The number of nitrogens with zero attached hydrogens (tertiary/aromatic N) is 1. The summed E-state index contributed by atoms with van der Waals surface area (Å²) in [5, 5.41) is 3.43. The molecule has 3 aromatic carbocycles. The lowest BCUT2D eigenvalue weighted by Crippen LogP contribution is -2.48. The second-order valence-corrected chi connectivity index (χ2v) is 9.95. The van der Waals surface area contributed by atoms with Crippen LogP contribution in [0, 0.1) is 0 Å². The lowest BCUT2D eigenvalue weighted by molar-refractivity contribution is -0.122. The molecule has 1 atom stereocenters. The van der Waals surface area contributed by atoms with Gasteiger partial charge in [0.1, 0.15) is 17.2 Å². The molecule has 0 saturated heterocycles. The molecule has 1 heterocycles. The molecule has 1 amide bonds. The van der Waals surface area contributed by atoms with E-state index in [2.05, 4.69) is 5.32 Å². The fraction of sp³-hybridized carbons (Fsp3) is 0.174. The van der Waals surface area contributed by atoms with Crippen molar-refractivity contribution in [2.75, 3.05) is 30.4 Å². The van der Waals surface area contributed by atoms with Crippen molar-refractivity contribution in [3.8, 4) is 17.2 Å². The van der Waals surface area contributed by atoms with E-state index in [4.69, 9.17) is 37.4 Å². The topological polar surface area (TPSA) is 94.2 Å². The van der Waals surface area contributed by atoms with E-state index in [-0.39, 0.29) is 17.2 Å². The van der Waals surface area contributed by atoms with Crippen molar-refractivity contribution in [2.45, 2.75) is 11.0 Å². The zero-order valence-electron chi connectivity index (χ0n) is 18.1. The van der Waals surface area contributed by atoms with E-state index >= 15 is 0 Å². The van der Waals surface area contributed by atoms with Gasteiger partial charge in [0.2, 0.25) is 0 Å². The number of benzene rings is 3. The van der Waals surface area contributed by atoms with Gasteiger partial charge < -0.3 is 19.5 Å². The van der Waals surface area contributed by atoms with Gasteiger partial charge in [0, 0.05) is 17.2 Å². The van der Waals surface area contributed by atoms with Gasteiger partial charge in [-0.1, -0.05) is 35.3 Å². The van der Waals surface area contributed by atoms with Crippen molar-refractivity contribution in [2.24, 2.45) is 0 Å². The number of anilines is 2. The minimum atomic E-state index is -4.01. The van der Waals surface area contributed by atoms with Crippen LogP contribution in [0.15, 0.2) is 65.6 Å². The summed E-state index contributed by atoms with van der Waals surface area (Å²) in [6.07, 6.45) is -1.15. The van der Waals surface area contributed by atoms with Crippen LogP contribution in [0.1, 0.15) is 0 Å². The first-order valence-electron chi connectivity index (χ1n) is 10.0. The summed E-state index contributed by atoms with van der Waals surface area (Å²) >= 11 is 12.1. The highest BCUT2D eigenvalue weighted by Crippen LogP contribution is 2.39. The Morgan fingerprint density at radius 2 is 1.71 bits per heavy atom. The number of sulfonamides is 1. The number of fused-ring (bicyclic) bond motifs is 1. The summed E-state index contributed by atoms with van der Waals surface area (Å²) in [6, 6.07) is 15.4. The number of nitrogens with one attached hydrogen (secondary N) is 1. The number of hydrogen-bond acceptors (Lipinski definition) is 6. The summed E-state index contributed by atoms with van der Waals surface area (Å²) in [4.78, 5) is 13.2. The minimum Gasteiger partial charge on any atom is -0.495 e. The monoisotopic (exact) mass is 522 g/mol. The SMILES string of the molecule is COc1cc(NC(=O)[C@@H]2CN(S(=O)(=O)c3ccc(Cl)cc3)c3ccccc3O2)c(OC)cc1Cl. The van der Waals surface area contributed by atoms with Gasteiger partial charge in [0.25, 0.3) is 15.9 Å². The highest BCUT2D eigenvalue weighted by Gasteiger charge is 2.37. The van der Waals surface area contributed by atoms with Crippen LogP contribution in [-0.2, 0) is 14.8 Å². The highest BCUT2D eigenvalue weighted by molar-refractivity contribution is 7.92. The van der Waals surface area contributed by atoms with Crippen LogP contribution < -0.4 is 23.8 Å². The molecule has 0 spiro atoms. The van der Waals surface area contributed by atoms with Crippen molar-refractivity contribution in [3.05, 3.63) is 70.7 Å². The van der Waals surface area contributed by atoms with E-state index in [1.54, 1.807) is 24.3 Å². The maximum absolute atomic E-state index is 13.5. The second-order valence-electron chi connectivity index (χ2n) is 7.24. The van der Waals surface area contributed by atoms with Crippen molar-refractivity contribution in [1.82, 2.24) is 0 Å². The smallest absolute Gasteiger partial charge is 0.267 e. The number of carbonyl (C=O) groups is 1. The minimum absolute atomic E-state index is 0.0388. The Bertz CT molecular complexity index is 1330. The first-order chi connectivity index (χ1) is 16.2. The number of ether oxygens (including phenoxy) is 3. The fourth-order valence-electron chi connectivity index (χ4n) is 3.47. The van der Waals surface area contributed by atoms with Crippen molar-refractivity contribution in [3.63, 3.8) is 0 Å². The van der Waals surface area contributed by atoms with Crippen LogP contribution in [0.4, 0.5) is 11.4 Å². The third-order valence-electron chi connectivity index (χ3n) is 5.16. The third kappa shape index (κ3) is 4.59. The van der Waals surface area contributed by atoms with E-state index < -0.39 is 22.0 Å². The Kier molecular flexibility index (Phi) is 6.79. The van der Waals surface area contributed by atoms with Gasteiger partial charge in [0.05, 0.1) is 42.1 Å². The molecule has 0 aliphatic carbocycles. The first-order valence-corrected chi connectivity index (χ1v) is 12.2. The molecule has 0 saturated carbocycles. The maximum Gasteiger partial charge on any atom is 0.267 e. The van der Waals surface area contributed by atoms with Crippen LogP contribution in [0.5, 0.6) is 17.2 Å². The maximum atomic E-state index is 13.5. The van der Waals surface area contributed by atoms with Gasteiger partial charge in [-0.2, -0.15) is 0 Å². The molecule has 0 radical (unpaired) electrons. The molecule has 0 unspecified atom stereocenters. The summed E-state index contributed by atoms with van der Waals surface area (Å²) in [5.41, 5.74) is 0.621. The van der Waals surface area contributed by atoms with E-state index in [1.807, 2.05) is 0 Å². The Balaban J connectivity index is 1.67. The number of methoxy groups -OCH3 is 2. The summed E-state index contributed by atoms with van der Waals surface area (Å²) in [6.45, 7) is -0.249. The van der Waals surface area contributed by atoms with Gasteiger partial charge in [-0.25, -0.2) is 8.42 Å². The fourth-order valence-corrected chi connectivity index (χ4v) is 5.30. The molecular formula is C23H20Cl2N2O6S. The quantitative estimate of drug-likeness (QED) is 0.508. The van der Waals surface area contributed by atoms with E-state index in [1.165, 1.54) is 50.6 Å². The highest BCUT2D eigenvalue weighted by atomic mass is 35.5. The zero-order valence-corrected chi connectivity index (χ0v) is 20.4. The molecule has 1 aliphatic heterocycles. The van der Waals surface area contributed by atoms with Gasteiger partial charge in [-0.05, 0) is 36.4 Å². The van der Waals surface area contributed by atoms with Crippen LogP contribution in [0.2, 0.25) is 10.0 Å². The Labute approximate surface area is 207 Å². The van der Waals surface area contributed by atoms with Gasteiger partial charge >= 0.3 is 0 Å². The molecule has 11 heteroatoms. The van der Waals surface area contributed by atoms with Gasteiger partial charge in [-0.15, -0.1) is 0 Å². The first kappa shape index (κ1) is 24.0. The normalized spacial score (nSPS) is 15.2. The predicted octanol–water partition coefficient (Wildman–Crippen LogP) is 4.61. The number of hydrogen-bond donors (Lipinski definition) is 1. The van der Waals surface area contributed by atoms with Crippen molar-refractivity contribution < 1.29 is 27.4 Å². The Morgan fingerprint density at radius 3 is 2.38 bits per heavy atom. The molecule has 0 aromatic heterocycles. The summed E-state index contributed by atoms with van der Waals surface area (Å²) in [7, 11) is -1.13. The number of amides is 1. The van der Waals surface area contributed by atoms with Crippen LogP contribution in [-0.4, -0.2) is 41.2 Å². The zero-order chi connectivity index (χ0) is 24.5. The lowest BCUT2D eigenvalue weighted by atomic mass is 10.2. The van der Waals surface area contributed by atoms with Gasteiger partial charge in [0.15, 0.2) is 6.10 Å². The second kappa shape index (κ2) is 9.61. The van der Waals surface area contributed by atoms with Crippen LogP contribution in [0.3, 0.4) is 0 Å². The Morgan fingerprint density at radius 1 is 1.03 bits per heavy atom. The lowest BCUT2D eigenvalue weighted by Gasteiger charge is -2.34. The van der Waals surface area contributed by atoms with E-state index in [0.717, 1.165) is 4.31 Å². The molecule has 34 heavy (non-hydrogen) atoms. The molecule has 0 fully saturated rings. The number of halogens is 2. The van der Waals surface area contributed by atoms with Gasteiger partial charge in [-0.3, -0.25) is 9.10 Å². The number of para-hydroxylation sites is 2. The molecule has 0 bridgehead atoms. The van der Waals surface area contributed by atoms with Crippen LogP contribution >= 0.6 is 23.2 Å². The standard InChI is InChI=1S/C23H20Cl2N2O6S/c1-31-20-12-17(21(32-2)11-16(20)25)26-23(28)22-13-27(18-5-3-4-6-19(18)33-22)34(29,30)15-9-7-14(24)8-10-15/h3-12,22H,13H2,1-2H3,(H,26,28)/t22-/m0/s1.